The van der Waals surface area contributed by atoms with Gasteiger partial charge in [0, 0.05) is 17.4 Å². The molecule has 16 heavy (non-hydrogen) atoms. The van der Waals surface area contributed by atoms with Gasteiger partial charge < -0.3 is 4.42 Å². The number of fused-ring (bicyclic) bond motifs is 1. The molecule has 0 saturated carbocycles. The zero-order valence-electron chi connectivity index (χ0n) is 9.87. The Kier molecular flexibility index (Phi) is 2.47. The Morgan fingerprint density at radius 3 is 2.62 bits per heavy atom. The molecule has 1 aromatic heterocycles. The Bertz CT molecular complexity index is 558. The van der Waals surface area contributed by atoms with E-state index in [1.54, 1.807) is 0 Å². The van der Waals surface area contributed by atoms with Crippen LogP contribution >= 0.6 is 0 Å². The highest BCUT2D eigenvalue weighted by molar-refractivity contribution is 5.84. The predicted molar refractivity (Wildman–Crippen MR) is 64.2 cm³/mol. The summed E-state index contributed by atoms with van der Waals surface area (Å²) in [4.78, 5) is 0. The highest BCUT2D eigenvalue weighted by Gasteiger charge is 2.28. The highest BCUT2D eigenvalue weighted by atomic mass is 16.3. The van der Waals surface area contributed by atoms with Gasteiger partial charge in [-0.1, -0.05) is 25.1 Å². The summed E-state index contributed by atoms with van der Waals surface area (Å²) < 4.78 is 5.79. The van der Waals surface area contributed by atoms with Gasteiger partial charge in [0.1, 0.15) is 11.3 Å². The molecule has 1 heterocycles. The van der Waals surface area contributed by atoms with Crippen LogP contribution in [0.25, 0.3) is 11.0 Å². The lowest BCUT2D eigenvalue weighted by Crippen LogP contribution is -2.15. The third-order valence-corrected chi connectivity index (χ3v) is 2.89. The van der Waals surface area contributed by atoms with Crippen LogP contribution in [-0.4, -0.2) is 0 Å². The van der Waals surface area contributed by atoms with Crippen molar-refractivity contribution in [3.8, 4) is 6.07 Å². The van der Waals surface area contributed by atoms with Gasteiger partial charge in [0.15, 0.2) is 0 Å². The Hall–Kier alpha value is -1.75. The monoisotopic (exact) mass is 213 g/mol. The van der Waals surface area contributed by atoms with Crippen LogP contribution in [0.2, 0.25) is 0 Å². The van der Waals surface area contributed by atoms with Crippen molar-refractivity contribution in [1.29, 1.82) is 5.26 Å². The molecule has 0 radical (unpaired) electrons. The number of aryl methyl sites for hydroxylation is 1. The maximum Gasteiger partial charge on any atom is 0.134 e. The van der Waals surface area contributed by atoms with E-state index in [0.717, 1.165) is 28.7 Å². The molecule has 0 aliphatic heterocycles. The lowest BCUT2D eigenvalue weighted by molar-refractivity contribution is 0.534. The number of benzene rings is 1. The van der Waals surface area contributed by atoms with Gasteiger partial charge in [-0.15, -0.1) is 0 Å². The normalized spacial score (nSPS) is 11.6. The summed E-state index contributed by atoms with van der Waals surface area (Å²) >= 11 is 0. The average molecular weight is 213 g/mol. The molecule has 0 aliphatic rings. The SMILES string of the molecule is CCc1oc2ccccc2c1C(C)(C)C#N. The number of para-hydroxylation sites is 1. The van der Waals surface area contributed by atoms with Gasteiger partial charge in [0.25, 0.3) is 0 Å². The maximum atomic E-state index is 9.25. The number of hydrogen-bond acceptors (Lipinski definition) is 2. The van der Waals surface area contributed by atoms with Gasteiger partial charge >= 0.3 is 0 Å². The number of nitrogens with zero attached hydrogens (tertiary/aromatic N) is 1. The van der Waals surface area contributed by atoms with Gasteiger partial charge in [0.05, 0.1) is 11.5 Å². The van der Waals surface area contributed by atoms with E-state index < -0.39 is 5.41 Å². The van der Waals surface area contributed by atoms with E-state index in [4.69, 9.17) is 4.42 Å². The fraction of sp³-hybridized carbons (Fsp3) is 0.357. The zero-order valence-corrected chi connectivity index (χ0v) is 9.87. The second kappa shape index (κ2) is 3.68. The summed E-state index contributed by atoms with van der Waals surface area (Å²) in [5.74, 6) is 0.924. The Morgan fingerprint density at radius 2 is 2.00 bits per heavy atom. The van der Waals surface area contributed by atoms with Crippen LogP contribution in [0.1, 0.15) is 32.1 Å². The van der Waals surface area contributed by atoms with E-state index in [0.29, 0.717) is 0 Å². The summed E-state index contributed by atoms with van der Waals surface area (Å²) in [7, 11) is 0. The van der Waals surface area contributed by atoms with Crippen LogP contribution in [0.5, 0.6) is 0 Å². The zero-order chi connectivity index (χ0) is 11.8. The van der Waals surface area contributed by atoms with E-state index in [-0.39, 0.29) is 0 Å². The van der Waals surface area contributed by atoms with Gasteiger partial charge in [-0.05, 0) is 19.9 Å². The van der Waals surface area contributed by atoms with Crippen LogP contribution in [0.4, 0.5) is 0 Å². The van der Waals surface area contributed by atoms with Crippen molar-refractivity contribution in [3.05, 3.63) is 35.6 Å². The first-order valence-corrected chi connectivity index (χ1v) is 5.52. The van der Waals surface area contributed by atoms with E-state index in [9.17, 15) is 5.26 Å². The van der Waals surface area contributed by atoms with Crippen LogP contribution in [0, 0.1) is 11.3 Å². The van der Waals surface area contributed by atoms with E-state index in [2.05, 4.69) is 13.0 Å². The molecule has 0 N–H and O–H groups in total. The van der Waals surface area contributed by atoms with Crippen molar-refractivity contribution in [2.45, 2.75) is 32.6 Å². The van der Waals surface area contributed by atoms with Crippen LogP contribution < -0.4 is 0 Å². The molecule has 0 fully saturated rings. The standard InChI is InChI=1S/C14H15NO/c1-4-11-13(14(2,3)9-15)10-7-5-6-8-12(10)16-11/h5-8H,4H2,1-3H3. The first-order valence-electron chi connectivity index (χ1n) is 5.52. The fourth-order valence-electron chi connectivity index (χ4n) is 2.09. The summed E-state index contributed by atoms with van der Waals surface area (Å²) in [6.45, 7) is 5.92. The van der Waals surface area contributed by atoms with Crippen molar-refractivity contribution >= 4 is 11.0 Å². The molecule has 0 aliphatic carbocycles. The number of hydrogen-bond donors (Lipinski definition) is 0. The smallest absolute Gasteiger partial charge is 0.134 e. The molecular formula is C14H15NO. The minimum Gasteiger partial charge on any atom is -0.461 e. The van der Waals surface area contributed by atoms with E-state index in [1.807, 2.05) is 38.1 Å². The van der Waals surface area contributed by atoms with Crippen molar-refractivity contribution in [1.82, 2.24) is 0 Å². The van der Waals surface area contributed by atoms with Gasteiger partial charge in [-0.25, -0.2) is 0 Å². The summed E-state index contributed by atoms with van der Waals surface area (Å²) in [6.07, 6.45) is 0.815. The van der Waals surface area contributed by atoms with E-state index >= 15 is 0 Å². The molecular weight excluding hydrogens is 198 g/mol. The molecule has 0 spiro atoms. The van der Waals surface area contributed by atoms with E-state index in [1.165, 1.54) is 0 Å². The summed E-state index contributed by atoms with van der Waals surface area (Å²) in [5, 5.41) is 10.3. The maximum absolute atomic E-state index is 9.25. The van der Waals surface area contributed by atoms with Gasteiger partial charge in [0.2, 0.25) is 0 Å². The summed E-state index contributed by atoms with van der Waals surface area (Å²) in [5.41, 5.74) is 1.41. The first kappa shape index (κ1) is 10.8. The van der Waals surface area contributed by atoms with Crippen molar-refractivity contribution in [2.24, 2.45) is 0 Å². The van der Waals surface area contributed by atoms with Crippen LogP contribution in [0.15, 0.2) is 28.7 Å². The van der Waals surface area contributed by atoms with Gasteiger partial charge in [-0.2, -0.15) is 5.26 Å². The Balaban J connectivity index is 2.81. The molecule has 0 amide bonds. The third-order valence-electron chi connectivity index (χ3n) is 2.89. The largest absolute Gasteiger partial charge is 0.461 e. The molecule has 2 nitrogen and oxygen atoms in total. The molecule has 0 saturated heterocycles. The molecule has 1 aromatic carbocycles. The molecule has 2 rings (SSSR count). The van der Waals surface area contributed by atoms with Gasteiger partial charge in [-0.3, -0.25) is 0 Å². The molecule has 82 valence electrons. The molecule has 0 atom stereocenters. The second-order valence-electron chi connectivity index (χ2n) is 4.49. The molecule has 0 unspecified atom stereocenters. The fourth-order valence-corrected chi connectivity index (χ4v) is 2.09. The summed E-state index contributed by atoms with van der Waals surface area (Å²) in [6, 6.07) is 10.3. The Labute approximate surface area is 95.5 Å². The number of furan rings is 1. The van der Waals surface area contributed by atoms with Crippen LogP contribution in [-0.2, 0) is 11.8 Å². The minimum absolute atomic E-state index is 0.502. The molecule has 0 bridgehead atoms. The molecule has 2 aromatic rings. The highest BCUT2D eigenvalue weighted by Crippen LogP contribution is 2.35. The average Bonchev–Trinajstić information content (AvgIpc) is 2.67. The van der Waals surface area contributed by atoms with Crippen molar-refractivity contribution < 1.29 is 4.42 Å². The first-order chi connectivity index (χ1) is 7.60. The third kappa shape index (κ3) is 1.49. The Morgan fingerprint density at radius 1 is 1.31 bits per heavy atom. The second-order valence-corrected chi connectivity index (χ2v) is 4.49. The minimum atomic E-state index is -0.502. The predicted octanol–water partition coefficient (Wildman–Crippen LogP) is 3.80. The van der Waals surface area contributed by atoms with Crippen LogP contribution in [0.3, 0.4) is 0 Å². The lowest BCUT2D eigenvalue weighted by Gasteiger charge is -2.15. The van der Waals surface area contributed by atoms with Crippen molar-refractivity contribution in [3.63, 3.8) is 0 Å². The topological polar surface area (TPSA) is 36.9 Å². The molecule has 2 heteroatoms. The lowest BCUT2D eigenvalue weighted by atomic mass is 9.84. The number of rotatable bonds is 2. The van der Waals surface area contributed by atoms with Crippen molar-refractivity contribution in [2.75, 3.05) is 0 Å². The number of nitriles is 1. The quantitative estimate of drug-likeness (QED) is 0.760.